The van der Waals surface area contributed by atoms with Crippen molar-refractivity contribution in [2.24, 2.45) is 0 Å². The molecule has 0 spiro atoms. The number of carbonyl (C=O) groups is 4. The van der Waals surface area contributed by atoms with Gasteiger partial charge in [-0.15, -0.1) is 0 Å². The van der Waals surface area contributed by atoms with Gasteiger partial charge in [-0.05, 0) is 57.9 Å². The molecule has 54 heavy (non-hydrogen) atoms. The fourth-order valence-electron chi connectivity index (χ4n) is 8.23. The predicted octanol–water partition coefficient (Wildman–Crippen LogP) is 6.92. The maximum atomic E-state index is 14.2. The molecule has 0 radical (unpaired) electrons. The van der Waals surface area contributed by atoms with E-state index in [-0.39, 0.29) is 47.4 Å². The second-order valence-electron chi connectivity index (χ2n) is 14.0. The fraction of sp³-hybridized carbons (Fsp3) is 0.318. The van der Waals surface area contributed by atoms with Crippen molar-refractivity contribution < 1.29 is 39.6 Å². The van der Waals surface area contributed by atoms with E-state index in [0.29, 0.717) is 24.6 Å². The van der Waals surface area contributed by atoms with Gasteiger partial charge in [0.25, 0.3) is 0 Å². The Bertz CT molecular complexity index is 2110. The van der Waals surface area contributed by atoms with Crippen LogP contribution in [0.5, 0.6) is 11.5 Å². The molecule has 2 aliphatic heterocycles. The number of hydrogen-bond acceptors (Lipinski definition) is 6. The SMILES string of the molecule is CCc1cc(CC(=O)N2CC(CC)c3c2cc(OC(C)=O)c2ccccc32)cc(CC(=O)N2CC(CC)c3c2cc(OC(C)=O)c2ccccc32)c1.O.O. The summed E-state index contributed by atoms with van der Waals surface area (Å²) in [6.45, 7) is 10.2. The van der Waals surface area contributed by atoms with Crippen LogP contribution in [0.25, 0.3) is 21.5 Å². The molecule has 0 fully saturated rings. The summed E-state index contributed by atoms with van der Waals surface area (Å²) in [5.41, 5.74) is 6.55. The monoisotopic (exact) mass is 732 g/mol. The average Bonchev–Trinajstić information content (AvgIpc) is 3.70. The lowest BCUT2D eigenvalue weighted by molar-refractivity contribution is -0.132. The van der Waals surface area contributed by atoms with Crippen LogP contribution >= 0.6 is 0 Å². The summed E-state index contributed by atoms with van der Waals surface area (Å²) < 4.78 is 11.3. The van der Waals surface area contributed by atoms with Crippen LogP contribution in [0.3, 0.4) is 0 Å². The summed E-state index contributed by atoms with van der Waals surface area (Å²) >= 11 is 0. The lowest BCUT2D eigenvalue weighted by Crippen LogP contribution is -2.32. The van der Waals surface area contributed by atoms with Crippen LogP contribution in [0.15, 0.2) is 78.9 Å². The van der Waals surface area contributed by atoms with E-state index in [9.17, 15) is 19.2 Å². The molecule has 5 aromatic carbocycles. The van der Waals surface area contributed by atoms with Crippen LogP contribution in [-0.2, 0) is 38.4 Å². The lowest BCUT2D eigenvalue weighted by Gasteiger charge is -2.21. The first-order chi connectivity index (χ1) is 25.1. The topological polar surface area (TPSA) is 156 Å². The Morgan fingerprint density at radius 2 is 0.944 bits per heavy atom. The van der Waals surface area contributed by atoms with Crippen molar-refractivity contribution in [1.29, 1.82) is 0 Å². The molecule has 10 nitrogen and oxygen atoms in total. The molecule has 5 aromatic rings. The van der Waals surface area contributed by atoms with Gasteiger partial charge in [-0.2, -0.15) is 0 Å². The molecule has 2 unspecified atom stereocenters. The van der Waals surface area contributed by atoms with Gasteiger partial charge in [0, 0.05) is 61.7 Å². The molecule has 4 N–H and O–H groups in total. The minimum Gasteiger partial charge on any atom is -0.426 e. The molecular formula is C44H48N2O8. The maximum Gasteiger partial charge on any atom is 0.308 e. The van der Waals surface area contributed by atoms with Crippen LogP contribution < -0.4 is 19.3 Å². The molecule has 282 valence electrons. The molecule has 0 aliphatic carbocycles. The molecule has 0 bridgehead atoms. The van der Waals surface area contributed by atoms with Crippen molar-refractivity contribution in [1.82, 2.24) is 0 Å². The van der Waals surface area contributed by atoms with Crippen molar-refractivity contribution in [3.05, 3.63) is 107 Å². The fourth-order valence-corrected chi connectivity index (χ4v) is 8.23. The van der Waals surface area contributed by atoms with Crippen molar-refractivity contribution in [3.63, 3.8) is 0 Å². The van der Waals surface area contributed by atoms with Crippen molar-refractivity contribution in [2.75, 3.05) is 22.9 Å². The number of anilines is 2. The maximum absolute atomic E-state index is 14.2. The van der Waals surface area contributed by atoms with Crippen molar-refractivity contribution >= 4 is 56.7 Å². The molecule has 2 amide bonds. The molecular weight excluding hydrogens is 684 g/mol. The summed E-state index contributed by atoms with van der Waals surface area (Å²) in [4.78, 5) is 56.1. The largest absolute Gasteiger partial charge is 0.426 e. The second-order valence-corrected chi connectivity index (χ2v) is 14.0. The van der Waals surface area contributed by atoms with Gasteiger partial charge in [0.15, 0.2) is 0 Å². The summed E-state index contributed by atoms with van der Waals surface area (Å²) in [6, 6.07) is 25.5. The summed E-state index contributed by atoms with van der Waals surface area (Å²) in [7, 11) is 0. The first kappa shape index (κ1) is 39.6. The van der Waals surface area contributed by atoms with E-state index in [1.165, 1.54) is 13.8 Å². The highest BCUT2D eigenvalue weighted by molar-refractivity contribution is 6.06. The predicted molar refractivity (Wildman–Crippen MR) is 212 cm³/mol. The first-order valence-electron chi connectivity index (χ1n) is 18.3. The number of amides is 2. The van der Waals surface area contributed by atoms with E-state index in [1.807, 2.05) is 76.5 Å². The van der Waals surface area contributed by atoms with Crippen molar-refractivity contribution in [3.8, 4) is 11.5 Å². The Morgan fingerprint density at radius 1 is 0.574 bits per heavy atom. The van der Waals surface area contributed by atoms with Gasteiger partial charge >= 0.3 is 11.9 Å². The number of ether oxygens (including phenoxy) is 2. The number of esters is 2. The Labute approximate surface area is 315 Å². The van der Waals surface area contributed by atoms with E-state index >= 15 is 0 Å². The van der Waals surface area contributed by atoms with Gasteiger partial charge in [0.05, 0.1) is 24.2 Å². The third-order valence-corrected chi connectivity index (χ3v) is 10.6. The third kappa shape index (κ3) is 7.31. The Hall–Kier alpha value is -5.58. The van der Waals surface area contributed by atoms with Gasteiger partial charge in [-0.1, -0.05) is 87.5 Å². The van der Waals surface area contributed by atoms with Gasteiger partial charge < -0.3 is 30.2 Å². The van der Waals surface area contributed by atoms with E-state index in [1.54, 1.807) is 0 Å². The first-order valence-corrected chi connectivity index (χ1v) is 18.3. The lowest BCUT2D eigenvalue weighted by atomic mass is 9.93. The quantitative estimate of drug-likeness (QED) is 0.118. The molecule has 2 aliphatic rings. The normalized spacial score (nSPS) is 15.6. The smallest absolute Gasteiger partial charge is 0.308 e. The highest BCUT2D eigenvalue weighted by atomic mass is 16.5. The summed E-state index contributed by atoms with van der Waals surface area (Å²) in [5, 5.41) is 3.70. The molecule has 2 atom stereocenters. The molecule has 10 heteroatoms. The number of carbonyl (C=O) groups excluding carboxylic acids is 4. The highest BCUT2D eigenvalue weighted by Crippen LogP contribution is 2.48. The number of benzene rings is 5. The van der Waals surface area contributed by atoms with E-state index in [0.717, 1.165) is 80.0 Å². The van der Waals surface area contributed by atoms with Crippen LogP contribution in [0.2, 0.25) is 0 Å². The minimum atomic E-state index is -0.410. The van der Waals surface area contributed by atoms with Crippen molar-refractivity contribution in [2.45, 2.75) is 78.6 Å². The minimum absolute atomic E-state index is 0. The molecule has 0 saturated heterocycles. The van der Waals surface area contributed by atoms with Crippen LogP contribution in [0, 0.1) is 0 Å². The van der Waals surface area contributed by atoms with Gasteiger partial charge in [-0.3, -0.25) is 19.2 Å². The zero-order valence-electron chi connectivity index (χ0n) is 31.5. The number of fused-ring (bicyclic) bond motifs is 6. The second kappa shape index (κ2) is 16.2. The van der Waals surface area contributed by atoms with Crippen LogP contribution in [0.1, 0.15) is 87.1 Å². The number of nitrogens with zero attached hydrogens (tertiary/aromatic N) is 2. The van der Waals surface area contributed by atoms with E-state index < -0.39 is 11.9 Å². The number of hydrogen-bond donors (Lipinski definition) is 0. The zero-order valence-corrected chi connectivity index (χ0v) is 31.5. The molecule has 7 rings (SSSR count). The summed E-state index contributed by atoms with van der Waals surface area (Å²) in [6.07, 6.45) is 2.82. The van der Waals surface area contributed by atoms with Gasteiger partial charge in [0.1, 0.15) is 11.5 Å². The number of rotatable bonds is 9. The Balaban J connectivity index is 0.00000280. The van der Waals surface area contributed by atoms with Gasteiger partial charge in [-0.25, -0.2) is 0 Å². The Morgan fingerprint density at radius 3 is 1.30 bits per heavy atom. The Kier molecular flexibility index (Phi) is 11.9. The summed E-state index contributed by atoms with van der Waals surface area (Å²) in [5.74, 6) is 0.295. The van der Waals surface area contributed by atoms with Gasteiger partial charge in [0.2, 0.25) is 11.8 Å². The van der Waals surface area contributed by atoms with Crippen LogP contribution in [-0.4, -0.2) is 47.8 Å². The molecule has 2 heterocycles. The zero-order chi connectivity index (χ0) is 36.7. The van der Waals surface area contributed by atoms with E-state index in [4.69, 9.17) is 9.47 Å². The molecule has 0 aromatic heterocycles. The van der Waals surface area contributed by atoms with E-state index in [2.05, 4.69) is 32.9 Å². The third-order valence-electron chi connectivity index (χ3n) is 10.6. The average molecular weight is 733 g/mol. The standard InChI is InChI=1S/C44H44N2O6.2H2O/c1-6-28-17-29(20-41(49)45-24-31(7-2)43-35-15-11-9-13-33(35)39(22-37(43)45)51-26(4)47)19-30(18-28)21-42(50)46-25-32(8-3)44-36-16-12-10-14-34(36)40(23-38(44)46)52-27(5)48;;/h9-19,22-23,31-32H,6-8,20-21,24-25H2,1-5H3;2*1H2. The molecule has 0 saturated carbocycles. The highest BCUT2D eigenvalue weighted by Gasteiger charge is 2.36. The van der Waals surface area contributed by atoms with Crippen LogP contribution in [0.4, 0.5) is 11.4 Å². The number of aryl methyl sites for hydroxylation is 1.